The van der Waals surface area contributed by atoms with Gasteiger partial charge in [-0.2, -0.15) is 0 Å². The van der Waals surface area contributed by atoms with Crippen molar-refractivity contribution in [2.75, 3.05) is 13.1 Å². The van der Waals surface area contributed by atoms with E-state index in [0.29, 0.717) is 0 Å². The molecule has 0 aromatic carbocycles. The molecule has 0 fully saturated rings. The Hall–Kier alpha value is -1.02. The monoisotopic (exact) mass is 165 g/mol. The van der Waals surface area contributed by atoms with Crippen molar-refractivity contribution in [3.05, 3.63) is 36.8 Å². The first-order chi connectivity index (χ1) is 5.93. The minimum atomic E-state index is 0.894. The van der Waals surface area contributed by atoms with Crippen LogP contribution in [0.25, 0.3) is 0 Å². The minimum Gasteiger partial charge on any atom is -0.472 e. The standard InChI is InChI=1S/C10H15NO/c1-2-6-11-7-3-4-10-5-8-12-9-10/h2,5,8-9,11H,1,3-4,6-7H2. The Kier molecular flexibility index (Phi) is 4.24. The molecule has 0 aliphatic rings. The van der Waals surface area contributed by atoms with E-state index in [1.54, 1.807) is 12.5 Å². The molecule has 1 aromatic heterocycles. The zero-order valence-electron chi connectivity index (χ0n) is 7.25. The molecule has 1 rings (SSSR count). The van der Waals surface area contributed by atoms with Crippen molar-refractivity contribution in [3.8, 4) is 0 Å². The normalized spacial score (nSPS) is 10.0. The average molecular weight is 165 g/mol. The van der Waals surface area contributed by atoms with Crippen LogP contribution >= 0.6 is 0 Å². The summed E-state index contributed by atoms with van der Waals surface area (Å²) in [7, 11) is 0. The van der Waals surface area contributed by atoms with Gasteiger partial charge in [0, 0.05) is 6.54 Å². The Morgan fingerprint density at radius 3 is 3.17 bits per heavy atom. The van der Waals surface area contributed by atoms with E-state index in [4.69, 9.17) is 4.42 Å². The topological polar surface area (TPSA) is 25.2 Å². The lowest BCUT2D eigenvalue weighted by Crippen LogP contribution is -2.15. The molecule has 66 valence electrons. The molecule has 0 aliphatic heterocycles. The fourth-order valence-corrected chi connectivity index (χ4v) is 1.06. The Balaban J connectivity index is 2.00. The molecule has 0 bridgehead atoms. The third kappa shape index (κ3) is 3.39. The number of hydrogen-bond donors (Lipinski definition) is 1. The Bertz CT molecular complexity index is 204. The largest absolute Gasteiger partial charge is 0.472 e. The molecule has 0 atom stereocenters. The molecule has 1 N–H and O–H groups in total. The van der Waals surface area contributed by atoms with E-state index in [2.05, 4.69) is 11.9 Å². The fraction of sp³-hybridized carbons (Fsp3) is 0.400. The van der Waals surface area contributed by atoms with Crippen molar-refractivity contribution in [2.24, 2.45) is 0 Å². The number of aryl methyl sites for hydroxylation is 1. The lowest BCUT2D eigenvalue weighted by molar-refractivity contribution is 0.562. The van der Waals surface area contributed by atoms with Crippen LogP contribution in [0.15, 0.2) is 35.7 Å². The zero-order chi connectivity index (χ0) is 8.65. The summed E-state index contributed by atoms with van der Waals surface area (Å²) in [6.07, 6.45) is 7.62. The smallest absolute Gasteiger partial charge is 0.0934 e. The van der Waals surface area contributed by atoms with Crippen molar-refractivity contribution in [1.29, 1.82) is 0 Å². The summed E-state index contributed by atoms with van der Waals surface area (Å²) in [6, 6.07) is 2.01. The van der Waals surface area contributed by atoms with Crippen molar-refractivity contribution in [3.63, 3.8) is 0 Å². The van der Waals surface area contributed by atoms with Crippen LogP contribution in [0.3, 0.4) is 0 Å². The van der Waals surface area contributed by atoms with Gasteiger partial charge in [0.05, 0.1) is 12.5 Å². The van der Waals surface area contributed by atoms with Crippen molar-refractivity contribution < 1.29 is 4.42 Å². The van der Waals surface area contributed by atoms with Crippen LogP contribution in [-0.4, -0.2) is 13.1 Å². The van der Waals surface area contributed by atoms with Crippen LogP contribution in [0, 0.1) is 0 Å². The maximum Gasteiger partial charge on any atom is 0.0934 e. The molecule has 2 heteroatoms. The highest BCUT2D eigenvalue weighted by molar-refractivity contribution is 5.04. The van der Waals surface area contributed by atoms with Gasteiger partial charge in [-0.1, -0.05) is 6.08 Å². The molecule has 0 spiro atoms. The van der Waals surface area contributed by atoms with Crippen molar-refractivity contribution >= 4 is 0 Å². The first-order valence-corrected chi connectivity index (χ1v) is 4.26. The van der Waals surface area contributed by atoms with Crippen LogP contribution in [0.5, 0.6) is 0 Å². The Morgan fingerprint density at radius 1 is 1.58 bits per heavy atom. The number of nitrogens with one attached hydrogen (secondary N) is 1. The van der Waals surface area contributed by atoms with Gasteiger partial charge in [-0.15, -0.1) is 6.58 Å². The lowest BCUT2D eigenvalue weighted by Gasteiger charge is -1.98. The van der Waals surface area contributed by atoms with Crippen LogP contribution in [-0.2, 0) is 6.42 Å². The van der Waals surface area contributed by atoms with E-state index in [1.807, 2.05) is 12.1 Å². The summed E-state index contributed by atoms with van der Waals surface area (Å²) >= 11 is 0. The van der Waals surface area contributed by atoms with Gasteiger partial charge in [-0.25, -0.2) is 0 Å². The number of furan rings is 1. The third-order valence-corrected chi connectivity index (χ3v) is 1.69. The fourth-order valence-electron chi connectivity index (χ4n) is 1.06. The van der Waals surface area contributed by atoms with Gasteiger partial charge in [-0.05, 0) is 31.0 Å². The first kappa shape index (κ1) is 9.07. The molecule has 0 aliphatic carbocycles. The molecule has 12 heavy (non-hydrogen) atoms. The molecule has 0 radical (unpaired) electrons. The van der Waals surface area contributed by atoms with E-state index in [-0.39, 0.29) is 0 Å². The van der Waals surface area contributed by atoms with Crippen LogP contribution < -0.4 is 5.32 Å². The molecular weight excluding hydrogens is 150 g/mol. The SMILES string of the molecule is C=CCNCCCc1ccoc1. The highest BCUT2D eigenvalue weighted by atomic mass is 16.3. The van der Waals surface area contributed by atoms with Gasteiger partial charge in [0.15, 0.2) is 0 Å². The van der Waals surface area contributed by atoms with Crippen LogP contribution in [0.4, 0.5) is 0 Å². The quantitative estimate of drug-likeness (QED) is 0.515. The third-order valence-electron chi connectivity index (χ3n) is 1.69. The maximum atomic E-state index is 4.96. The zero-order valence-corrected chi connectivity index (χ0v) is 7.25. The molecule has 0 unspecified atom stereocenters. The average Bonchev–Trinajstić information content (AvgIpc) is 2.57. The lowest BCUT2D eigenvalue weighted by atomic mass is 10.2. The molecule has 1 heterocycles. The van der Waals surface area contributed by atoms with Gasteiger partial charge in [0.25, 0.3) is 0 Å². The summed E-state index contributed by atoms with van der Waals surface area (Å²) in [6.45, 7) is 5.56. The second-order valence-electron chi connectivity index (χ2n) is 2.73. The second kappa shape index (κ2) is 5.61. The summed E-state index contributed by atoms with van der Waals surface area (Å²) in [5.41, 5.74) is 1.27. The molecule has 1 aromatic rings. The Morgan fingerprint density at radius 2 is 2.50 bits per heavy atom. The molecular formula is C10H15NO. The van der Waals surface area contributed by atoms with Crippen molar-refractivity contribution in [1.82, 2.24) is 5.32 Å². The summed E-state index contributed by atoms with van der Waals surface area (Å²) in [4.78, 5) is 0. The molecule has 0 saturated heterocycles. The summed E-state index contributed by atoms with van der Waals surface area (Å²) < 4.78 is 4.96. The molecule has 0 amide bonds. The number of hydrogen-bond acceptors (Lipinski definition) is 2. The predicted molar refractivity (Wildman–Crippen MR) is 50.1 cm³/mol. The van der Waals surface area contributed by atoms with Crippen LogP contribution in [0.1, 0.15) is 12.0 Å². The first-order valence-electron chi connectivity index (χ1n) is 4.26. The van der Waals surface area contributed by atoms with Gasteiger partial charge in [-0.3, -0.25) is 0 Å². The van der Waals surface area contributed by atoms with Gasteiger partial charge in [0.1, 0.15) is 0 Å². The van der Waals surface area contributed by atoms with Crippen molar-refractivity contribution in [2.45, 2.75) is 12.8 Å². The number of rotatable bonds is 6. The molecule has 2 nitrogen and oxygen atoms in total. The van der Waals surface area contributed by atoms with E-state index < -0.39 is 0 Å². The minimum absolute atomic E-state index is 0.894. The van der Waals surface area contributed by atoms with E-state index in [0.717, 1.165) is 25.9 Å². The van der Waals surface area contributed by atoms with Crippen LogP contribution in [0.2, 0.25) is 0 Å². The van der Waals surface area contributed by atoms with E-state index in [9.17, 15) is 0 Å². The van der Waals surface area contributed by atoms with Gasteiger partial charge >= 0.3 is 0 Å². The van der Waals surface area contributed by atoms with Gasteiger partial charge < -0.3 is 9.73 Å². The Labute approximate surface area is 73.3 Å². The summed E-state index contributed by atoms with van der Waals surface area (Å²) in [5.74, 6) is 0. The summed E-state index contributed by atoms with van der Waals surface area (Å²) in [5, 5.41) is 3.25. The van der Waals surface area contributed by atoms with E-state index >= 15 is 0 Å². The molecule has 0 saturated carbocycles. The van der Waals surface area contributed by atoms with E-state index in [1.165, 1.54) is 5.56 Å². The highest BCUT2D eigenvalue weighted by Crippen LogP contribution is 2.02. The second-order valence-corrected chi connectivity index (χ2v) is 2.73. The highest BCUT2D eigenvalue weighted by Gasteiger charge is 1.92. The predicted octanol–water partition coefficient (Wildman–Crippen LogP) is 1.99. The maximum absolute atomic E-state index is 4.96. The van der Waals surface area contributed by atoms with Gasteiger partial charge in [0.2, 0.25) is 0 Å².